The quantitative estimate of drug-likeness (QED) is 0.509. The maximum absolute atomic E-state index is 12.6. The number of para-hydroxylation sites is 1. The highest BCUT2D eigenvalue weighted by Crippen LogP contribution is 2.20. The lowest BCUT2D eigenvalue weighted by atomic mass is 10.1. The summed E-state index contributed by atoms with van der Waals surface area (Å²) in [4.78, 5) is 12.6. The lowest BCUT2D eigenvalue weighted by molar-refractivity contribution is -0.112. The standard InChI is InChI=1S/C23H21N3O2/c1-3-17-7-4-5-9-22(17)25-23(27)18(16-24)15-20-8-6-14-26(20)19-10-12-21(28-2)13-11-19/h4-15H,3H2,1-2H3,(H,25,27)/b18-15-. The maximum atomic E-state index is 12.6. The highest BCUT2D eigenvalue weighted by molar-refractivity contribution is 6.09. The van der Waals surface area contributed by atoms with Crippen molar-refractivity contribution in [3.63, 3.8) is 0 Å². The summed E-state index contributed by atoms with van der Waals surface area (Å²) in [6.07, 6.45) is 4.27. The first kappa shape index (κ1) is 19.0. The second-order valence-corrected chi connectivity index (χ2v) is 6.14. The first-order valence-electron chi connectivity index (χ1n) is 8.99. The number of carbonyl (C=O) groups excluding carboxylic acids is 1. The minimum absolute atomic E-state index is 0.0411. The van der Waals surface area contributed by atoms with Crippen LogP contribution in [0, 0.1) is 11.3 Å². The second-order valence-electron chi connectivity index (χ2n) is 6.14. The smallest absolute Gasteiger partial charge is 0.266 e. The highest BCUT2D eigenvalue weighted by atomic mass is 16.5. The van der Waals surface area contributed by atoms with Crippen LogP contribution in [-0.2, 0) is 11.2 Å². The van der Waals surface area contributed by atoms with Crippen LogP contribution in [0.2, 0.25) is 0 Å². The van der Waals surface area contributed by atoms with Crippen molar-refractivity contribution in [2.45, 2.75) is 13.3 Å². The highest BCUT2D eigenvalue weighted by Gasteiger charge is 2.12. The summed E-state index contributed by atoms with van der Waals surface area (Å²) in [5, 5.41) is 12.4. The third kappa shape index (κ3) is 4.13. The number of rotatable bonds is 6. The van der Waals surface area contributed by atoms with Crippen molar-refractivity contribution >= 4 is 17.7 Å². The van der Waals surface area contributed by atoms with Gasteiger partial charge in [-0.1, -0.05) is 25.1 Å². The van der Waals surface area contributed by atoms with E-state index >= 15 is 0 Å². The monoisotopic (exact) mass is 371 g/mol. The molecule has 1 heterocycles. The van der Waals surface area contributed by atoms with Crippen LogP contribution >= 0.6 is 0 Å². The van der Waals surface area contributed by atoms with Crippen LogP contribution in [0.5, 0.6) is 5.75 Å². The largest absolute Gasteiger partial charge is 0.497 e. The predicted molar refractivity (Wildman–Crippen MR) is 110 cm³/mol. The molecule has 140 valence electrons. The van der Waals surface area contributed by atoms with Gasteiger partial charge in [0.25, 0.3) is 5.91 Å². The third-order valence-electron chi connectivity index (χ3n) is 4.43. The van der Waals surface area contributed by atoms with E-state index in [-0.39, 0.29) is 5.57 Å². The number of methoxy groups -OCH3 is 1. The zero-order chi connectivity index (χ0) is 19.9. The van der Waals surface area contributed by atoms with E-state index in [2.05, 4.69) is 5.32 Å². The van der Waals surface area contributed by atoms with Crippen molar-refractivity contribution in [3.05, 3.63) is 83.7 Å². The Balaban J connectivity index is 1.88. The molecule has 0 aliphatic carbocycles. The van der Waals surface area contributed by atoms with Gasteiger partial charge in [0.2, 0.25) is 0 Å². The third-order valence-corrected chi connectivity index (χ3v) is 4.43. The van der Waals surface area contributed by atoms with Crippen LogP contribution in [0.15, 0.2) is 72.4 Å². The molecule has 0 bridgehead atoms. The number of aromatic nitrogens is 1. The molecule has 0 unspecified atom stereocenters. The number of nitrogens with zero attached hydrogens (tertiary/aromatic N) is 2. The van der Waals surface area contributed by atoms with Crippen molar-refractivity contribution in [1.29, 1.82) is 5.26 Å². The lowest BCUT2D eigenvalue weighted by Crippen LogP contribution is -2.15. The minimum Gasteiger partial charge on any atom is -0.497 e. The first-order chi connectivity index (χ1) is 13.7. The number of benzene rings is 2. The molecule has 1 N–H and O–H groups in total. The fourth-order valence-electron chi connectivity index (χ4n) is 2.93. The summed E-state index contributed by atoms with van der Waals surface area (Å²) in [5.41, 5.74) is 3.43. The van der Waals surface area contributed by atoms with E-state index in [1.54, 1.807) is 13.2 Å². The molecule has 28 heavy (non-hydrogen) atoms. The zero-order valence-corrected chi connectivity index (χ0v) is 15.8. The Morgan fingerprint density at radius 2 is 1.89 bits per heavy atom. The van der Waals surface area contributed by atoms with Crippen molar-refractivity contribution in [2.24, 2.45) is 0 Å². The molecule has 0 saturated carbocycles. The van der Waals surface area contributed by atoms with Gasteiger partial charge in [-0.3, -0.25) is 4.79 Å². The topological polar surface area (TPSA) is 67.0 Å². The van der Waals surface area contributed by atoms with Crippen LogP contribution < -0.4 is 10.1 Å². The summed E-state index contributed by atoms with van der Waals surface area (Å²) >= 11 is 0. The van der Waals surface area contributed by atoms with Gasteiger partial charge in [0.1, 0.15) is 17.4 Å². The Bertz CT molecular complexity index is 1040. The van der Waals surface area contributed by atoms with Gasteiger partial charge >= 0.3 is 0 Å². The number of anilines is 1. The molecule has 3 rings (SSSR count). The molecule has 1 amide bonds. The van der Waals surface area contributed by atoms with Gasteiger partial charge in [-0.15, -0.1) is 0 Å². The number of carbonyl (C=O) groups is 1. The Morgan fingerprint density at radius 1 is 1.14 bits per heavy atom. The lowest BCUT2D eigenvalue weighted by Gasteiger charge is -2.10. The number of nitriles is 1. The Hall–Kier alpha value is -3.78. The fourth-order valence-corrected chi connectivity index (χ4v) is 2.93. The number of aryl methyl sites for hydroxylation is 1. The van der Waals surface area contributed by atoms with Crippen LogP contribution in [0.3, 0.4) is 0 Å². The molecular formula is C23H21N3O2. The Morgan fingerprint density at radius 3 is 2.57 bits per heavy atom. The Kier molecular flexibility index (Phi) is 5.93. The van der Waals surface area contributed by atoms with Gasteiger partial charge in [0.05, 0.1) is 7.11 Å². The van der Waals surface area contributed by atoms with E-state index in [1.807, 2.05) is 84.4 Å². The molecule has 3 aromatic rings. The number of nitrogens with one attached hydrogen (secondary N) is 1. The minimum atomic E-state index is -0.425. The molecule has 0 atom stereocenters. The summed E-state index contributed by atoms with van der Waals surface area (Å²) in [6, 6.07) is 20.9. The average molecular weight is 371 g/mol. The van der Waals surface area contributed by atoms with Gasteiger partial charge < -0.3 is 14.6 Å². The van der Waals surface area contributed by atoms with E-state index in [0.29, 0.717) is 0 Å². The molecule has 5 nitrogen and oxygen atoms in total. The van der Waals surface area contributed by atoms with Gasteiger partial charge in [-0.05, 0) is 60.5 Å². The van der Waals surface area contributed by atoms with E-state index < -0.39 is 5.91 Å². The van der Waals surface area contributed by atoms with E-state index in [9.17, 15) is 10.1 Å². The number of hydrogen-bond donors (Lipinski definition) is 1. The molecule has 0 radical (unpaired) electrons. The number of ether oxygens (including phenoxy) is 1. The number of hydrogen-bond acceptors (Lipinski definition) is 3. The van der Waals surface area contributed by atoms with Gasteiger partial charge in [-0.2, -0.15) is 5.26 Å². The molecule has 5 heteroatoms. The van der Waals surface area contributed by atoms with E-state index in [4.69, 9.17) is 4.74 Å². The van der Waals surface area contributed by atoms with Gasteiger partial charge in [0.15, 0.2) is 0 Å². The SMILES string of the molecule is CCc1ccccc1NC(=O)/C(C#N)=C\c1cccn1-c1ccc(OC)cc1. The first-order valence-corrected chi connectivity index (χ1v) is 8.99. The molecule has 0 saturated heterocycles. The molecule has 0 fully saturated rings. The molecular weight excluding hydrogens is 350 g/mol. The summed E-state index contributed by atoms with van der Waals surface area (Å²) in [7, 11) is 1.62. The van der Waals surface area contributed by atoms with Crippen molar-refractivity contribution in [1.82, 2.24) is 4.57 Å². The summed E-state index contributed by atoms with van der Waals surface area (Å²) in [6.45, 7) is 2.02. The maximum Gasteiger partial charge on any atom is 0.266 e. The van der Waals surface area contributed by atoms with Crippen LogP contribution in [0.25, 0.3) is 11.8 Å². The average Bonchev–Trinajstić information content (AvgIpc) is 3.20. The van der Waals surface area contributed by atoms with E-state index in [0.717, 1.165) is 34.8 Å². The van der Waals surface area contributed by atoms with Crippen molar-refractivity contribution < 1.29 is 9.53 Å². The summed E-state index contributed by atoms with van der Waals surface area (Å²) < 4.78 is 7.10. The van der Waals surface area contributed by atoms with Gasteiger partial charge in [0, 0.05) is 23.3 Å². The van der Waals surface area contributed by atoms with Crippen LogP contribution in [-0.4, -0.2) is 17.6 Å². The molecule has 0 aliphatic heterocycles. The fraction of sp³-hybridized carbons (Fsp3) is 0.130. The zero-order valence-electron chi connectivity index (χ0n) is 15.8. The Labute approximate surface area is 164 Å². The molecule has 2 aromatic carbocycles. The van der Waals surface area contributed by atoms with E-state index in [1.165, 1.54) is 0 Å². The molecule has 0 spiro atoms. The number of amides is 1. The second kappa shape index (κ2) is 8.74. The van der Waals surface area contributed by atoms with Crippen molar-refractivity contribution in [2.75, 3.05) is 12.4 Å². The molecule has 0 aliphatic rings. The normalized spacial score (nSPS) is 11.0. The molecule has 1 aromatic heterocycles. The predicted octanol–water partition coefficient (Wildman–Crippen LogP) is 4.59. The summed E-state index contributed by atoms with van der Waals surface area (Å²) in [5.74, 6) is 0.338. The van der Waals surface area contributed by atoms with Crippen molar-refractivity contribution in [3.8, 4) is 17.5 Å². The van der Waals surface area contributed by atoms with Gasteiger partial charge in [-0.25, -0.2) is 0 Å². The van der Waals surface area contributed by atoms with Crippen LogP contribution in [0.4, 0.5) is 5.69 Å². The van der Waals surface area contributed by atoms with Crippen LogP contribution in [0.1, 0.15) is 18.2 Å².